The predicted octanol–water partition coefficient (Wildman–Crippen LogP) is 0.760. The van der Waals surface area contributed by atoms with Gasteiger partial charge < -0.3 is 10.2 Å². The van der Waals surface area contributed by atoms with Crippen LogP contribution in [0.3, 0.4) is 0 Å². The number of hydrogen-bond donors (Lipinski definition) is 2. The largest absolute Gasteiger partial charge is 0.393 e. The lowest BCUT2D eigenvalue weighted by molar-refractivity contribution is -0.386. The Labute approximate surface area is 78.6 Å². The Morgan fingerprint density at radius 1 is 1.57 bits per heavy atom. The van der Waals surface area contributed by atoms with Gasteiger partial charge in [0.25, 0.3) is 5.69 Å². The first-order valence-corrected chi connectivity index (χ1v) is 3.79. The Balaban J connectivity index is 3.29. The van der Waals surface area contributed by atoms with Crippen molar-refractivity contribution in [2.45, 2.75) is 6.10 Å². The molecular weight excluding hydrogens is 193 g/mol. The van der Waals surface area contributed by atoms with Crippen molar-refractivity contribution in [3.05, 3.63) is 39.7 Å². The fraction of sp³-hybridized carbons (Fsp3) is 0.250. The normalized spacial score (nSPS) is 12.5. The van der Waals surface area contributed by atoms with E-state index in [1.165, 1.54) is 6.07 Å². The first kappa shape index (κ1) is 10.6. The number of rotatable bonds is 3. The standard InChI is InChI=1S/C8H8FNO4/c9-5-2-1-3-6(10(13)14)8(5)7(12)4-11/h1-3,7,11-12H,4H2. The molecule has 0 amide bonds. The van der Waals surface area contributed by atoms with Gasteiger partial charge in [0.15, 0.2) is 0 Å². The second-order valence-corrected chi connectivity index (χ2v) is 2.63. The molecule has 76 valence electrons. The molecule has 1 atom stereocenters. The summed E-state index contributed by atoms with van der Waals surface area (Å²) in [5.74, 6) is -0.902. The van der Waals surface area contributed by atoms with Crippen LogP contribution in [-0.2, 0) is 0 Å². The summed E-state index contributed by atoms with van der Waals surface area (Å²) >= 11 is 0. The van der Waals surface area contributed by atoms with Crippen LogP contribution in [-0.4, -0.2) is 21.7 Å². The molecule has 0 heterocycles. The smallest absolute Gasteiger partial charge is 0.278 e. The van der Waals surface area contributed by atoms with Crippen LogP contribution in [0.2, 0.25) is 0 Å². The third kappa shape index (κ3) is 1.86. The van der Waals surface area contributed by atoms with Gasteiger partial charge in [-0.15, -0.1) is 0 Å². The molecule has 1 aromatic rings. The van der Waals surface area contributed by atoms with E-state index in [4.69, 9.17) is 10.2 Å². The van der Waals surface area contributed by atoms with Gasteiger partial charge in [0.1, 0.15) is 11.9 Å². The lowest BCUT2D eigenvalue weighted by Gasteiger charge is -2.08. The highest BCUT2D eigenvalue weighted by Gasteiger charge is 2.23. The first-order chi connectivity index (χ1) is 6.57. The SMILES string of the molecule is O=[N+]([O-])c1cccc(F)c1C(O)CO. The maximum absolute atomic E-state index is 13.1. The van der Waals surface area contributed by atoms with Crippen LogP contribution < -0.4 is 0 Å². The van der Waals surface area contributed by atoms with Gasteiger partial charge in [-0.25, -0.2) is 4.39 Å². The fourth-order valence-electron chi connectivity index (χ4n) is 1.11. The van der Waals surface area contributed by atoms with Crippen molar-refractivity contribution in [3.63, 3.8) is 0 Å². The Morgan fingerprint density at radius 2 is 2.21 bits per heavy atom. The summed E-state index contributed by atoms with van der Waals surface area (Å²) in [5.41, 5.74) is -1.02. The molecule has 0 fully saturated rings. The molecule has 0 bridgehead atoms. The van der Waals surface area contributed by atoms with Crippen LogP contribution in [0.5, 0.6) is 0 Å². The molecule has 2 N–H and O–H groups in total. The molecule has 5 nitrogen and oxygen atoms in total. The summed E-state index contributed by atoms with van der Waals surface area (Å²) < 4.78 is 13.1. The van der Waals surface area contributed by atoms with Crippen molar-refractivity contribution in [2.75, 3.05) is 6.61 Å². The van der Waals surface area contributed by atoms with Crippen molar-refractivity contribution >= 4 is 5.69 Å². The molecule has 0 saturated carbocycles. The van der Waals surface area contributed by atoms with E-state index in [-0.39, 0.29) is 0 Å². The molecule has 0 radical (unpaired) electrons. The molecule has 14 heavy (non-hydrogen) atoms. The summed E-state index contributed by atoms with van der Waals surface area (Å²) in [6.45, 7) is -0.762. The van der Waals surface area contributed by atoms with E-state index in [1.807, 2.05) is 0 Å². The minimum Gasteiger partial charge on any atom is -0.393 e. The third-order valence-corrected chi connectivity index (χ3v) is 1.73. The fourth-order valence-corrected chi connectivity index (χ4v) is 1.11. The number of aliphatic hydroxyl groups is 2. The van der Waals surface area contributed by atoms with Gasteiger partial charge in [0, 0.05) is 6.07 Å². The summed E-state index contributed by atoms with van der Waals surface area (Å²) in [6, 6.07) is 3.22. The van der Waals surface area contributed by atoms with E-state index < -0.39 is 34.7 Å². The van der Waals surface area contributed by atoms with E-state index in [9.17, 15) is 14.5 Å². The highest BCUT2D eigenvalue weighted by Crippen LogP contribution is 2.27. The van der Waals surface area contributed by atoms with Crippen LogP contribution in [0.15, 0.2) is 18.2 Å². The minimum atomic E-state index is -1.57. The summed E-state index contributed by atoms with van der Waals surface area (Å²) in [5, 5.41) is 28.2. The van der Waals surface area contributed by atoms with Crippen LogP contribution in [0.4, 0.5) is 10.1 Å². The van der Waals surface area contributed by atoms with Crippen molar-refractivity contribution < 1.29 is 19.5 Å². The molecule has 1 unspecified atom stereocenters. The average Bonchev–Trinajstić information content (AvgIpc) is 2.16. The number of benzene rings is 1. The van der Waals surface area contributed by atoms with Gasteiger partial charge in [0.05, 0.1) is 17.1 Å². The summed E-state index contributed by atoms with van der Waals surface area (Å²) in [6.07, 6.45) is -1.57. The summed E-state index contributed by atoms with van der Waals surface area (Å²) in [4.78, 5) is 9.63. The van der Waals surface area contributed by atoms with Gasteiger partial charge in [0.2, 0.25) is 0 Å². The van der Waals surface area contributed by atoms with E-state index >= 15 is 0 Å². The maximum Gasteiger partial charge on any atom is 0.278 e. The molecule has 0 aliphatic rings. The zero-order chi connectivity index (χ0) is 10.7. The highest BCUT2D eigenvalue weighted by molar-refractivity contribution is 5.42. The first-order valence-electron chi connectivity index (χ1n) is 3.79. The van der Waals surface area contributed by atoms with Gasteiger partial charge in [-0.2, -0.15) is 0 Å². The second-order valence-electron chi connectivity index (χ2n) is 2.63. The maximum atomic E-state index is 13.1. The van der Waals surface area contributed by atoms with Gasteiger partial charge in [-0.05, 0) is 6.07 Å². The van der Waals surface area contributed by atoms with Crippen LogP contribution in [0.1, 0.15) is 11.7 Å². The van der Waals surface area contributed by atoms with Crippen molar-refractivity contribution in [3.8, 4) is 0 Å². The molecular formula is C8H8FNO4. The molecule has 6 heteroatoms. The molecule has 0 aliphatic carbocycles. The zero-order valence-electron chi connectivity index (χ0n) is 7.05. The number of nitrogens with zero attached hydrogens (tertiary/aromatic N) is 1. The van der Waals surface area contributed by atoms with Crippen molar-refractivity contribution in [1.82, 2.24) is 0 Å². The number of aliphatic hydroxyl groups excluding tert-OH is 2. The van der Waals surface area contributed by atoms with E-state index in [1.54, 1.807) is 0 Å². The quantitative estimate of drug-likeness (QED) is 0.558. The minimum absolute atomic E-state index is 0.486. The Hall–Kier alpha value is -1.53. The number of halogens is 1. The zero-order valence-corrected chi connectivity index (χ0v) is 7.05. The number of nitro groups is 1. The lowest BCUT2D eigenvalue weighted by Crippen LogP contribution is -2.08. The molecule has 0 saturated heterocycles. The monoisotopic (exact) mass is 201 g/mol. The molecule has 1 rings (SSSR count). The van der Waals surface area contributed by atoms with Gasteiger partial charge in [-0.1, -0.05) is 6.07 Å². The molecule has 0 aromatic heterocycles. The van der Waals surface area contributed by atoms with Gasteiger partial charge >= 0.3 is 0 Å². The molecule has 1 aromatic carbocycles. The predicted molar refractivity (Wildman–Crippen MR) is 45.1 cm³/mol. The molecule has 0 aliphatic heterocycles. The van der Waals surface area contributed by atoms with Crippen LogP contribution >= 0.6 is 0 Å². The van der Waals surface area contributed by atoms with Crippen LogP contribution in [0, 0.1) is 15.9 Å². The van der Waals surface area contributed by atoms with Crippen molar-refractivity contribution in [2.24, 2.45) is 0 Å². The van der Waals surface area contributed by atoms with Gasteiger partial charge in [-0.3, -0.25) is 10.1 Å². The Kier molecular flexibility index (Phi) is 3.10. The van der Waals surface area contributed by atoms with Crippen LogP contribution in [0.25, 0.3) is 0 Å². The highest BCUT2D eigenvalue weighted by atomic mass is 19.1. The Bertz CT molecular complexity index is 355. The lowest BCUT2D eigenvalue weighted by atomic mass is 10.1. The van der Waals surface area contributed by atoms with E-state index in [2.05, 4.69) is 0 Å². The number of nitro benzene ring substituents is 1. The Morgan fingerprint density at radius 3 is 2.71 bits per heavy atom. The third-order valence-electron chi connectivity index (χ3n) is 1.73. The summed E-state index contributed by atoms with van der Waals surface area (Å²) in [7, 11) is 0. The van der Waals surface area contributed by atoms with E-state index in [0.29, 0.717) is 0 Å². The molecule has 0 spiro atoms. The second kappa shape index (κ2) is 4.12. The number of hydrogen-bond acceptors (Lipinski definition) is 4. The topological polar surface area (TPSA) is 83.6 Å². The van der Waals surface area contributed by atoms with E-state index in [0.717, 1.165) is 12.1 Å². The average molecular weight is 201 g/mol. The van der Waals surface area contributed by atoms with Crippen molar-refractivity contribution in [1.29, 1.82) is 0 Å².